The van der Waals surface area contributed by atoms with Crippen molar-refractivity contribution in [3.05, 3.63) is 30.3 Å². The Balaban J connectivity index is 2.35. The molecule has 2 N–H and O–H groups in total. The van der Waals surface area contributed by atoms with Crippen molar-refractivity contribution in [2.75, 3.05) is 19.7 Å². The molecule has 0 saturated heterocycles. The summed E-state index contributed by atoms with van der Waals surface area (Å²) in [5.41, 5.74) is 5.19. The zero-order valence-corrected chi connectivity index (χ0v) is 10.4. The minimum absolute atomic E-state index is 0.274. The van der Waals surface area contributed by atoms with Crippen molar-refractivity contribution in [3.8, 4) is 5.75 Å². The maximum atomic E-state index is 10.9. The van der Waals surface area contributed by atoms with Gasteiger partial charge >= 0.3 is 0 Å². The van der Waals surface area contributed by atoms with Gasteiger partial charge in [0.1, 0.15) is 12.4 Å². The Kier molecular flexibility index (Phi) is 5.49. The van der Waals surface area contributed by atoms with E-state index < -0.39 is 0 Å². The predicted octanol–water partition coefficient (Wildman–Crippen LogP) is 1.26. The number of hydrogen-bond donors (Lipinski definition) is 1. The number of nitrogens with two attached hydrogens (primary N) is 1. The average Bonchev–Trinajstić information content (AvgIpc) is 2.28. The van der Waals surface area contributed by atoms with Gasteiger partial charge in [-0.1, -0.05) is 18.2 Å². The summed E-state index contributed by atoms with van der Waals surface area (Å²) in [6.45, 7) is 5.58. The van der Waals surface area contributed by atoms with E-state index >= 15 is 0 Å². The summed E-state index contributed by atoms with van der Waals surface area (Å²) >= 11 is 0. The molecule has 0 saturated carbocycles. The van der Waals surface area contributed by atoms with Gasteiger partial charge < -0.3 is 10.5 Å². The van der Waals surface area contributed by atoms with Crippen LogP contribution in [0.5, 0.6) is 5.75 Å². The first kappa shape index (κ1) is 13.5. The Bertz CT molecular complexity index is 339. The first-order chi connectivity index (χ1) is 8.09. The Morgan fingerprint density at radius 1 is 1.35 bits per heavy atom. The van der Waals surface area contributed by atoms with Crippen LogP contribution in [0.1, 0.15) is 13.8 Å². The number of carbonyl (C=O) groups is 1. The third-order valence-corrected chi connectivity index (χ3v) is 2.48. The van der Waals surface area contributed by atoms with Gasteiger partial charge in [-0.25, -0.2) is 0 Å². The van der Waals surface area contributed by atoms with Crippen LogP contribution in [0.4, 0.5) is 0 Å². The molecular formula is C13H20N2O2. The normalized spacial score (nSPS) is 10.8. The zero-order valence-electron chi connectivity index (χ0n) is 10.4. The minimum Gasteiger partial charge on any atom is -0.492 e. The SMILES string of the molecule is CC(C)N(CCOc1ccccc1)CC(N)=O. The van der Waals surface area contributed by atoms with E-state index in [0.717, 1.165) is 5.75 Å². The van der Waals surface area contributed by atoms with Gasteiger partial charge in [0, 0.05) is 12.6 Å². The van der Waals surface area contributed by atoms with Gasteiger partial charge in [0.25, 0.3) is 0 Å². The molecule has 1 amide bonds. The van der Waals surface area contributed by atoms with Crippen LogP contribution >= 0.6 is 0 Å². The second-order valence-electron chi connectivity index (χ2n) is 4.19. The van der Waals surface area contributed by atoms with E-state index in [1.165, 1.54) is 0 Å². The van der Waals surface area contributed by atoms with Crippen molar-refractivity contribution in [2.45, 2.75) is 19.9 Å². The topological polar surface area (TPSA) is 55.6 Å². The number of primary amides is 1. The first-order valence-electron chi connectivity index (χ1n) is 5.80. The summed E-state index contributed by atoms with van der Waals surface area (Å²) in [5, 5.41) is 0. The summed E-state index contributed by atoms with van der Waals surface area (Å²) < 4.78 is 5.57. The van der Waals surface area contributed by atoms with E-state index in [-0.39, 0.29) is 18.5 Å². The molecule has 0 spiro atoms. The number of rotatable bonds is 7. The van der Waals surface area contributed by atoms with Crippen LogP contribution in [0.25, 0.3) is 0 Å². The van der Waals surface area contributed by atoms with Gasteiger partial charge in [0.05, 0.1) is 6.54 Å². The van der Waals surface area contributed by atoms with Crippen LogP contribution in [-0.4, -0.2) is 36.5 Å². The monoisotopic (exact) mass is 236 g/mol. The Hall–Kier alpha value is -1.55. The highest BCUT2D eigenvalue weighted by Gasteiger charge is 2.11. The molecule has 0 atom stereocenters. The average molecular weight is 236 g/mol. The largest absolute Gasteiger partial charge is 0.492 e. The fraction of sp³-hybridized carbons (Fsp3) is 0.462. The van der Waals surface area contributed by atoms with Crippen LogP contribution in [-0.2, 0) is 4.79 Å². The molecule has 1 rings (SSSR count). The van der Waals surface area contributed by atoms with Crippen LogP contribution < -0.4 is 10.5 Å². The van der Waals surface area contributed by atoms with Gasteiger partial charge in [-0.2, -0.15) is 0 Å². The van der Waals surface area contributed by atoms with Crippen molar-refractivity contribution >= 4 is 5.91 Å². The Morgan fingerprint density at radius 3 is 2.53 bits per heavy atom. The predicted molar refractivity (Wildman–Crippen MR) is 67.8 cm³/mol. The van der Waals surface area contributed by atoms with E-state index in [2.05, 4.69) is 0 Å². The van der Waals surface area contributed by atoms with Gasteiger partial charge in [-0.15, -0.1) is 0 Å². The van der Waals surface area contributed by atoms with Crippen LogP contribution in [0.15, 0.2) is 30.3 Å². The summed E-state index contributed by atoms with van der Waals surface area (Å²) in [5.74, 6) is 0.536. The molecule has 0 radical (unpaired) electrons. The standard InChI is InChI=1S/C13H20N2O2/c1-11(2)15(10-13(14)16)8-9-17-12-6-4-3-5-7-12/h3-7,11H,8-10H2,1-2H3,(H2,14,16). The second-order valence-corrected chi connectivity index (χ2v) is 4.19. The highest BCUT2D eigenvalue weighted by Crippen LogP contribution is 2.08. The van der Waals surface area contributed by atoms with Crippen molar-refractivity contribution < 1.29 is 9.53 Å². The minimum atomic E-state index is -0.307. The van der Waals surface area contributed by atoms with Crippen molar-refractivity contribution in [1.29, 1.82) is 0 Å². The van der Waals surface area contributed by atoms with Gasteiger partial charge in [0.2, 0.25) is 5.91 Å². The molecule has 0 bridgehead atoms. The number of ether oxygens (including phenoxy) is 1. The smallest absolute Gasteiger partial charge is 0.231 e. The first-order valence-corrected chi connectivity index (χ1v) is 5.80. The quantitative estimate of drug-likeness (QED) is 0.775. The number of hydrogen-bond acceptors (Lipinski definition) is 3. The molecule has 1 aromatic carbocycles. The van der Waals surface area contributed by atoms with E-state index in [0.29, 0.717) is 13.2 Å². The van der Waals surface area contributed by atoms with Crippen LogP contribution in [0.2, 0.25) is 0 Å². The summed E-state index contributed by atoms with van der Waals surface area (Å²) in [6.07, 6.45) is 0. The number of carbonyl (C=O) groups excluding carboxylic acids is 1. The second kappa shape index (κ2) is 6.91. The maximum absolute atomic E-state index is 10.9. The van der Waals surface area contributed by atoms with E-state index in [9.17, 15) is 4.79 Å². The molecule has 17 heavy (non-hydrogen) atoms. The van der Waals surface area contributed by atoms with Crippen LogP contribution in [0, 0.1) is 0 Å². The molecule has 0 aliphatic carbocycles. The molecule has 0 aromatic heterocycles. The molecular weight excluding hydrogens is 216 g/mol. The number of nitrogens with zero attached hydrogens (tertiary/aromatic N) is 1. The maximum Gasteiger partial charge on any atom is 0.231 e. The Morgan fingerprint density at radius 2 is 2.00 bits per heavy atom. The van der Waals surface area contributed by atoms with Crippen molar-refractivity contribution in [2.24, 2.45) is 5.73 Å². The highest BCUT2D eigenvalue weighted by atomic mass is 16.5. The number of para-hydroxylation sites is 1. The highest BCUT2D eigenvalue weighted by molar-refractivity contribution is 5.75. The molecule has 1 aromatic rings. The summed E-state index contributed by atoms with van der Waals surface area (Å²) in [4.78, 5) is 12.9. The van der Waals surface area contributed by atoms with E-state index in [1.807, 2.05) is 49.1 Å². The molecule has 0 fully saturated rings. The molecule has 4 nitrogen and oxygen atoms in total. The number of benzene rings is 1. The molecule has 0 heterocycles. The van der Waals surface area contributed by atoms with Crippen LogP contribution in [0.3, 0.4) is 0 Å². The van der Waals surface area contributed by atoms with E-state index in [1.54, 1.807) is 0 Å². The fourth-order valence-corrected chi connectivity index (χ4v) is 1.52. The molecule has 4 heteroatoms. The molecule has 94 valence electrons. The summed E-state index contributed by atoms with van der Waals surface area (Å²) in [7, 11) is 0. The molecule has 0 aliphatic heterocycles. The number of amides is 1. The van der Waals surface area contributed by atoms with Crippen molar-refractivity contribution in [1.82, 2.24) is 4.90 Å². The van der Waals surface area contributed by atoms with Gasteiger partial charge in [0.15, 0.2) is 0 Å². The summed E-state index contributed by atoms with van der Waals surface area (Å²) in [6, 6.07) is 9.90. The van der Waals surface area contributed by atoms with E-state index in [4.69, 9.17) is 10.5 Å². The van der Waals surface area contributed by atoms with Gasteiger partial charge in [-0.05, 0) is 26.0 Å². The lowest BCUT2D eigenvalue weighted by Gasteiger charge is -2.24. The molecule has 0 unspecified atom stereocenters. The van der Waals surface area contributed by atoms with Crippen molar-refractivity contribution in [3.63, 3.8) is 0 Å². The fourth-order valence-electron chi connectivity index (χ4n) is 1.52. The Labute approximate surface area is 102 Å². The third-order valence-electron chi connectivity index (χ3n) is 2.48. The lowest BCUT2D eigenvalue weighted by molar-refractivity contribution is -0.119. The lowest BCUT2D eigenvalue weighted by Crippen LogP contribution is -2.40. The van der Waals surface area contributed by atoms with Gasteiger partial charge in [-0.3, -0.25) is 9.69 Å². The third kappa shape index (κ3) is 5.36. The lowest BCUT2D eigenvalue weighted by atomic mass is 10.3. The molecule has 0 aliphatic rings. The zero-order chi connectivity index (χ0) is 12.7.